The number of rotatable bonds is 2. The summed E-state index contributed by atoms with van der Waals surface area (Å²) >= 11 is 0. The van der Waals surface area contributed by atoms with Crippen molar-refractivity contribution in [3.05, 3.63) is 24.3 Å². The molecule has 0 unspecified atom stereocenters. The van der Waals surface area contributed by atoms with Crippen LogP contribution in [0.15, 0.2) is 24.3 Å². The van der Waals surface area contributed by atoms with Crippen molar-refractivity contribution in [2.45, 2.75) is 26.2 Å². The van der Waals surface area contributed by atoms with E-state index in [0.29, 0.717) is 0 Å². The standard InChI is InChI=1S/C13H21N/c1-12-7-9-14(10-8-12)11-13-5-3-2-4-6-13/h2-5,12-13H,6-11H2,1H3/t13-/m0/s1. The van der Waals surface area contributed by atoms with Gasteiger partial charge in [0, 0.05) is 6.54 Å². The third-order valence-electron chi connectivity index (χ3n) is 3.44. The summed E-state index contributed by atoms with van der Waals surface area (Å²) in [7, 11) is 0. The van der Waals surface area contributed by atoms with Gasteiger partial charge in [0.05, 0.1) is 0 Å². The number of hydrogen-bond acceptors (Lipinski definition) is 1. The van der Waals surface area contributed by atoms with Crippen LogP contribution in [0.1, 0.15) is 26.2 Å². The van der Waals surface area contributed by atoms with Crippen LogP contribution in [-0.4, -0.2) is 24.5 Å². The third kappa shape index (κ3) is 2.71. The maximum Gasteiger partial charge on any atom is 0.00474 e. The van der Waals surface area contributed by atoms with Crippen molar-refractivity contribution in [3.63, 3.8) is 0 Å². The molecule has 2 rings (SSSR count). The van der Waals surface area contributed by atoms with E-state index in [2.05, 4.69) is 36.1 Å². The molecule has 1 nitrogen and oxygen atoms in total. The van der Waals surface area contributed by atoms with Crippen LogP contribution >= 0.6 is 0 Å². The van der Waals surface area contributed by atoms with E-state index in [0.717, 1.165) is 11.8 Å². The normalized spacial score (nSPS) is 29.6. The third-order valence-corrected chi connectivity index (χ3v) is 3.44. The Morgan fingerprint density at radius 2 is 2.00 bits per heavy atom. The first-order valence-corrected chi connectivity index (χ1v) is 5.90. The lowest BCUT2D eigenvalue weighted by Crippen LogP contribution is -2.36. The summed E-state index contributed by atoms with van der Waals surface area (Å²) < 4.78 is 0. The quantitative estimate of drug-likeness (QED) is 0.648. The lowest BCUT2D eigenvalue weighted by atomic mass is 9.96. The Bertz CT molecular complexity index is 221. The van der Waals surface area contributed by atoms with Crippen LogP contribution in [0, 0.1) is 11.8 Å². The molecule has 0 amide bonds. The van der Waals surface area contributed by atoms with E-state index in [9.17, 15) is 0 Å². The molecule has 14 heavy (non-hydrogen) atoms. The molecule has 0 N–H and O–H groups in total. The van der Waals surface area contributed by atoms with Crippen LogP contribution in [0.5, 0.6) is 0 Å². The number of allylic oxidation sites excluding steroid dienone is 3. The molecule has 1 aliphatic carbocycles. The molecule has 0 spiro atoms. The molecule has 2 aliphatic rings. The average Bonchev–Trinajstić information content (AvgIpc) is 2.23. The molecule has 1 fully saturated rings. The van der Waals surface area contributed by atoms with Gasteiger partial charge in [0.25, 0.3) is 0 Å². The molecular weight excluding hydrogens is 170 g/mol. The first-order valence-electron chi connectivity index (χ1n) is 5.90. The van der Waals surface area contributed by atoms with Crippen molar-refractivity contribution in [1.29, 1.82) is 0 Å². The molecule has 1 heteroatoms. The van der Waals surface area contributed by atoms with Crippen molar-refractivity contribution < 1.29 is 0 Å². The zero-order valence-corrected chi connectivity index (χ0v) is 9.15. The molecule has 78 valence electrons. The smallest absolute Gasteiger partial charge is 0.00474 e. The van der Waals surface area contributed by atoms with Gasteiger partial charge in [0.2, 0.25) is 0 Å². The van der Waals surface area contributed by atoms with Gasteiger partial charge in [-0.25, -0.2) is 0 Å². The average molecular weight is 191 g/mol. The predicted octanol–water partition coefficient (Wildman–Crippen LogP) is 2.85. The SMILES string of the molecule is CC1CCN(C[C@H]2C=CC=CC2)CC1. The highest BCUT2D eigenvalue weighted by Gasteiger charge is 2.17. The van der Waals surface area contributed by atoms with Crippen molar-refractivity contribution in [1.82, 2.24) is 4.90 Å². The molecule has 1 atom stereocenters. The summed E-state index contributed by atoms with van der Waals surface area (Å²) in [6, 6.07) is 0. The lowest BCUT2D eigenvalue weighted by Gasteiger charge is -2.32. The Morgan fingerprint density at radius 3 is 2.64 bits per heavy atom. The van der Waals surface area contributed by atoms with Gasteiger partial charge in [-0.1, -0.05) is 31.2 Å². The lowest BCUT2D eigenvalue weighted by molar-refractivity contribution is 0.177. The van der Waals surface area contributed by atoms with Crippen molar-refractivity contribution in [2.75, 3.05) is 19.6 Å². The monoisotopic (exact) mass is 191 g/mol. The molecule has 0 radical (unpaired) electrons. The molecule has 0 bridgehead atoms. The topological polar surface area (TPSA) is 3.24 Å². The van der Waals surface area contributed by atoms with E-state index in [1.165, 1.54) is 38.9 Å². The summed E-state index contributed by atoms with van der Waals surface area (Å²) in [5.74, 6) is 1.72. The van der Waals surface area contributed by atoms with E-state index < -0.39 is 0 Å². The van der Waals surface area contributed by atoms with Gasteiger partial charge >= 0.3 is 0 Å². The number of piperidine rings is 1. The van der Waals surface area contributed by atoms with Crippen molar-refractivity contribution >= 4 is 0 Å². The van der Waals surface area contributed by atoms with Gasteiger partial charge in [-0.05, 0) is 44.2 Å². The summed E-state index contributed by atoms with van der Waals surface area (Å²) in [6.45, 7) is 6.28. The van der Waals surface area contributed by atoms with Crippen LogP contribution in [0.25, 0.3) is 0 Å². The minimum absolute atomic E-state index is 0.772. The summed E-state index contributed by atoms with van der Waals surface area (Å²) in [5, 5.41) is 0. The summed E-state index contributed by atoms with van der Waals surface area (Å²) in [6.07, 6.45) is 13.0. The molecule has 1 aliphatic heterocycles. The minimum atomic E-state index is 0.772. The fraction of sp³-hybridized carbons (Fsp3) is 0.692. The Kier molecular flexibility index (Phi) is 3.41. The van der Waals surface area contributed by atoms with Gasteiger partial charge in [0.15, 0.2) is 0 Å². The van der Waals surface area contributed by atoms with Crippen molar-refractivity contribution in [2.24, 2.45) is 11.8 Å². The molecule has 1 saturated heterocycles. The van der Waals surface area contributed by atoms with Crippen LogP contribution in [0.4, 0.5) is 0 Å². The van der Waals surface area contributed by atoms with Crippen LogP contribution in [0.3, 0.4) is 0 Å². The van der Waals surface area contributed by atoms with Crippen molar-refractivity contribution in [3.8, 4) is 0 Å². The van der Waals surface area contributed by atoms with E-state index in [-0.39, 0.29) is 0 Å². The molecule has 0 aromatic heterocycles. The second-order valence-corrected chi connectivity index (χ2v) is 4.79. The summed E-state index contributed by atoms with van der Waals surface area (Å²) in [5.41, 5.74) is 0. The number of likely N-dealkylation sites (tertiary alicyclic amines) is 1. The van der Waals surface area contributed by atoms with E-state index in [1.807, 2.05) is 0 Å². The van der Waals surface area contributed by atoms with Gasteiger partial charge in [0.1, 0.15) is 0 Å². The van der Waals surface area contributed by atoms with E-state index >= 15 is 0 Å². The Balaban J connectivity index is 1.75. The number of nitrogens with zero attached hydrogens (tertiary/aromatic N) is 1. The first kappa shape index (κ1) is 9.97. The maximum absolute atomic E-state index is 2.63. The van der Waals surface area contributed by atoms with Crippen LogP contribution in [-0.2, 0) is 0 Å². The second-order valence-electron chi connectivity index (χ2n) is 4.79. The highest BCUT2D eigenvalue weighted by atomic mass is 15.1. The first-order chi connectivity index (χ1) is 6.84. The molecule has 0 aromatic rings. The highest BCUT2D eigenvalue weighted by molar-refractivity contribution is 5.11. The second kappa shape index (κ2) is 4.79. The van der Waals surface area contributed by atoms with Gasteiger partial charge in [-0.2, -0.15) is 0 Å². The van der Waals surface area contributed by atoms with Crippen LogP contribution < -0.4 is 0 Å². The summed E-state index contributed by atoms with van der Waals surface area (Å²) in [4.78, 5) is 2.63. The Morgan fingerprint density at radius 1 is 1.21 bits per heavy atom. The number of hydrogen-bond donors (Lipinski definition) is 0. The van der Waals surface area contributed by atoms with Gasteiger partial charge < -0.3 is 4.90 Å². The molecule has 0 aromatic carbocycles. The molecule has 0 saturated carbocycles. The minimum Gasteiger partial charge on any atom is -0.303 e. The van der Waals surface area contributed by atoms with E-state index in [4.69, 9.17) is 0 Å². The molecule has 1 heterocycles. The maximum atomic E-state index is 2.63. The van der Waals surface area contributed by atoms with E-state index in [1.54, 1.807) is 0 Å². The molecular formula is C13H21N. The fourth-order valence-electron chi connectivity index (χ4n) is 2.34. The predicted molar refractivity (Wildman–Crippen MR) is 61.2 cm³/mol. The highest BCUT2D eigenvalue weighted by Crippen LogP contribution is 2.19. The zero-order valence-electron chi connectivity index (χ0n) is 9.15. The van der Waals surface area contributed by atoms with Crippen LogP contribution in [0.2, 0.25) is 0 Å². The zero-order chi connectivity index (χ0) is 9.80. The van der Waals surface area contributed by atoms with Gasteiger partial charge in [-0.15, -0.1) is 0 Å². The Labute approximate surface area is 87.5 Å². The van der Waals surface area contributed by atoms with Gasteiger partial charge in [-0.3, -0.25) is 0 Å². The largest absolute Gasteiger partial charge is 0.303 e. The fourth-order valence-corrected chi connectivity index (χ4v) is 2.34. The Hall–Kier alpha value is -0.560.